The predicted molar refractivity (Wildman–Crippen MR) is 59.1 cm³/mol. The van der Waals surface area contributed by atoms with Gasteiger partial charge in [-0.1, -0.05) is 17.7 Å². The topological polar surface area (TPSA) is 46.2 Å². The molecule has 0 aliphatic carbocycles. The average Bonchev–Trinajstić information content (AvgIpc) is 2.09. The van der Waals surface area contributed by atoms with Gasteiger partial charge in [0.05, 0.1) is 6.61 Å². The molecule has 13 heavy (non-hydrogen) atoms. The van der Waals surface area contributed by atoms with Gasteiger partial charge in [-0.25, -0.2) is 0 Å². The number of aliphatic hydroxyl groups is 1. The molecule has 1 aromatic carbocycles. The third-order valence-corrected chi connectivity index (χ3v) is 2.82. The smallest absolute Gasteiger partial charge is 0.0521 e. The van der Waals surface area contributed by atoms with Crippen LogP contribution in [0.1, 0.15) is 5.56 Å². The molecule has 0 aliphatic heterocycles. The van der Waals surface area contributed by atoms with E-state index in [1.807, 2.05) is 12.1 Å². The minimum absolute atomic E-state index is 0.207. The Labute approximate surface area is 87.1 Å². The van der Waals surface area contributed by atoms with Crippen molar-refractivity contribution in [3.63, 3.8) is 0 Å². The van der Waals surface area contributed by atoms with Crippen molar-refractivity contribution in [3.8, 4) is 0 Å². The summed E-state index contributed by atoms with van der Waals surface area (Å²) in [5.41, 5.74) is 7.54. The van der Waals surface area contributed by atoms with E-state index in [-0.39, 0.29) is 6.61 Å². The largest absolute Gasteiger partial charge is 0.398 e. The van der Waals surface area contributed by atoms with Crippen LogP contribution in [0.4, 0.5) is 5.69 Å². The maximum absolute atomic E-state index is 8.58. The normalized spacial score (nSPS) is 10.3. The number of thioether (sulfide) groups is 1. The Kier molecular flexibility index (Phi) is 4.42. The Morgan fingerprint density at radius 3 is 2.85 bits per heavy atom. The van der Waals surface area contributed by atoms with Gasteiger partial charge >= 0.3 is 0 Å². The number of hydrogen-bond acceptors (Lipinski definition) is 3. The molecule has 0 amide bonds. The molecule has 0 aliphatic rings. The lowest BCUT2D eigenvalue weighted by Crippen LogP contribution is -1.94. The van der Waals surface area contributed by atoms with Crippen molar-refractivity contribution in [2.45, 2.75) is 5.75 Å². The molecular weight excluding hydrogens is 206 g/mol. The van der Waals surface area contributed by atoms with Crippen molar-refractivity contribution in [3.05, 3.63) is 28.8 Å². The molecule has 0 spiro atoms. The Hall–Kier alpha value is -0.380. The molecule has 0 saturated heterocycles. The summed E-state index contributed by atoms with van der Waals surface area (Å²) in [6.45, 7) is 0.207. The molecule has 0 bridgehead atoms. The summed E-state index contributed by atoms with van der Waals surface area (Å²) in [5, 5.41) is 9.25. The summed E-state index contributed by atoms with van der Waals surface area (Å²) in [6, 6.07) is 5.49. The van der Waals surface area contributed by atoms with Gasteiger partial charge in [-0.3, -0.25) is 0 Å². The SMILES string of the molecule is Nc1cc(Cl)ccc1CSCCO. The van der Waals surface area contributed by atoms with E-state index in [0.717, 1.165) is 22.8 Å². The van der Waals surface area contributed by atoms with E-state index >= 15 is 0 Å². The summed E-state index contributed by atoms with van der Waals surface area (Å²) < 4.78 is 0. The van der Waals surface area contributed by atoms with Crippen molar-refractivity contribution in [1.82, 2.24) is 0 Å². The van der Waals surface area contributed by atoms with Crippen LogP contribution in [-0.4, -0.2) is 17.5 Å². The predicted octanol–water partition coefficient (Wildman–Crippen LogP) is 2.15. The first kappa shape index (κ1) is 10.7. The van der Waals surface area contributed by atoms with E-state index in [0.29, 0.717) is 5.02 Å². The number of hydrogen-bond donors (Lipinski definition) is 2. The van der Waals surface area contributed by atoms with Gasteiger partial charge < -0.3 is 10.8 Å². The van der Waals surface area contributed by atoms with Crippen LogP contribution in [0.25, 0.3) is 0 Å². The minimum Gasteiger partial charge on any atom is -0.398 e. The summed E-state index contributed by atoms with van der Waals surface area (Å²) in [5.74, 6) is 1.56. The van der Waals surface area contributed by atoms with Gasteiger partial charge in [-0.2, -0.15) is 11.8 Å². The minimum atomic E-state index is 0.207. The van der Waals surface area contributed by atoms with E-state index < -0.39 is 0 Å². The lowest BCUT2D eigenvalue weighted by atomic mass is 10.2. The fourth-order valence-corrected chi connectivity index (χ4v) is 1.88. The van der Waals surface area contributed by atoms with Gasteiger partial charge in [-0.05, 0) is 17.7 Å². The Balaban J connectivity index is 2.56. The van der Waals surface area contributed by atoms with Gasteiger partial charge in [0, 0.05) is 22.2 Å². The van der Waals surface area contributed by atoms with Crippen molar-refractivity contribution in [1.29, 1.82) is 0 Å². The van der Waals surface area contributed by atoms with Gasteiger partial charge in [0.2, 0.25) is 0 Å². The molecule has 72 valence electrons. The molecule has 1 rings (SSSR count). The number of nitrogens with two attached hydrogens (primary N) is 1. The number of anilines is 1. The van der Waals surface area contributed by atoms with Gasteiger partial charge in [0.25, 0.3) is 0 Å². The Bertz CT molecular complexity index is 280. The molecule has 3 N–H and O–H groups in total. The molecule has 0 radical (unpaired) electrons. The second kappa shape index (κ2) is 5.37. The van der Waals surface area contributed by atoms with E-state index in [4.69, 9.17) is 22.4 Å². The molecule has 0 aromatic heterocycles. The summed E-state index contributed by atoms with van der Waals surface area (Å²) in [7, 11) is 0. The fourth-order valence-electron chi connectivity index (χ4n) is 0.944. The third-order valence-electron chi connectivity index (χ3n) is 1.60. The molecule has 4 heteroatoms. The third kappa shape index (κ3) is 3.46. The lowest BCUT2D eigenvalue weighted by Gasteiger charge is -2.04. The fraction of sp³-hybridized carbons (Fsp3) is 0.333. The monoisotopic (exact) mass is 217 g/mol. The molecule has 0 unspecified atom stereocenters. The van der Waals surface area contributed by atoms with E-state index in [9.17, 15) is 0 Å². The summed E-state index contributed by atoms with van der Waals surface area (Å²) >= 11 is 7.40. The van der Waals surface area contributed by atoms with Crippen molar-refractivity contribution in [2.75, 3.05) is 18.1 Å². The highest BCUT2D eigenvalue weighted by atomic mass is 35.5. The first-order valence-corrected chi connectivity index (χ1v) is 5.50. The Morgan fingerprint density at radius 2 is 2.23 bits per heavy atom. The van der Waals surface area contributed by atoms with Crippen LogP contribution >= 0.6 is 23.4 Å². The van der Waals surface area contributed by atoms with Gasteiger partial charge in [0.15, 0.2) is 0 Å². The molecule has 1 aromatic rings. The highest BCUT2D eigenvalue weighted by Crippen LogP contribution is 2.21. The molecule has 0 fully saturated rings. The first-order valence-electron chi connectivity index (χ1n) is 3.96. The number of nitrogen functional groups attached to an aromatic ring is 1. The molecule has 2 nitrogen and oxygen atoms in total. The molecule has 0 saturated carbocycles. The van der Waals surface area contributed by atoms with Crippen LogP contribution < -0.4 is 5.73 Å². The summed E-state index contributed by atoms with van der Waals surface area (Å²) in [6.07, 6.45) is 0. The molecule has 0 atom stereocenters. The van der Waals surface area contributed by atoms with Crippen molar-refractivity contribution >= 4 is 29.1 Å². The lowest BCUT2D eigenvalue weighted by molar-refractivity contribution is 0.322. The van der Waals surface area contributed by atoms with Crippen LogP contribution in [-0.2, 0) is 5.75 Å². The van der Waals surface area contributed by atoms with E-state index in [2.05, 4.69) is 0 Å². The maximum Gasteiger partial charge on any atom is 0.0521 e. The van der Waals surface area contributed by atoms with Crippen molar-refractivity contribution in [2.24, 2.45) is 0 Å². The highest BCUT2D eigenvalue weighted by molar-refractivity contribution is 7.98. The Morgan fingerprint density at radius 1 is 1.46 bits per heavy atom. The maximum atomic E-state index is 8.58. The van der Waals surface area contributed by atoms with Crippen LogP contribution in [0, 0.1) is 0 Å². The average molecular weight is 218 g/mol. The summed E-state index contributed by atoms with van der Waals surface area (Å²) in [4.78, 5) is 0. The number of rotatable bonds is 4. The number of benzene rings is 1. The van der Waals surface area contributed by atoms with Crippen LogP contribution in [0.5, 0.6) is 0 Å². The molecular formula is C9H12ClNOS. The second-order valence-electron chi connectivity index (χ2n) is 2.62. The molecule has 0 heterocycles. The number of aliphatic hydroxyl groups excluding tert-OH is 1. The standard InChI is InChI=1S/C9H12ClNOS/c10-8-2-1-7(9(11)5-8)6-13-4-3-12/h1-2,5,12H,3-4,6,11H2. The van der Waals surface area contributed by atoms with Gasteiger partial charge in [0.1, 0.15) is 0 Å². The zero-order chi connectivity index (χ0) is 9.68. The quantitative estimate of drug-likeness (QED) is 0.600. The van der Waals surface area contributed by atoms with Crippen LogP contribution in [0.3, 0.4) is 0 Å². The van der Waals surface area contributed by atoms with Gasteiger partial charge in [-0.15, -0.1) is 0 Å². The van der Waals surface area contributed by atoms with Crippen LogP contribution in [0.15, 0.2) is 18.2 Å². The highest BCUT2D eigenvalue weighted by Gasteiger charge is 1.99. The van der Waals surface area contributed by atoms with E-state index in [1.54, 1.807) is 17.8 Å². The number of halogens is 1. The van der Waals surface area contributed by atoms with Crippen molar-refractivity contribution < 1.29 is 5.11 Å². The zero-order valence-corrected chi connectivity index (χ0v) is 8.74. The van der Waals surface area contributed by atoms with E-state index in [1.165, 1.54) is 0 Å². The van der Waals surface area contributed by atoms with Crippen LogP contribution in [0.2, 0.25) is 5.02 Å². The first-order chi connectivity index (χ1) is 6.24. The zero-order valence-electron chi connectivity index (χ0n) is 7.16. The second-order valence-corrected chi connectivity index (χ2v) is 4.16.